The van der Waals surface area contributed by atoms with Gasteiger partial charge in [0.15, 0.2) is 0 Å². The van der Waals surface area contributed by atoms with Crippen LogP contribution in [0.5, 0.6) is 0 Å². The third-order valence-electron chi connectivity index (χ3n) is 4.50. The molecule has 1 fully saturated rings. The summed E-state index contributed by atoms with van der Waals surface area (Å²) in [5, 5.41) is 3.13. The normalized spacial score (nSPS) is 23.4. The van der Waals surface area contributed by atoms with E-state index in [1.165, 1.54) is 0 Å². The third kappa shape index (κ3) is 3.76. The lowest BCUT2D eigenvalue weighted by Crippen LogP contribution is -2.62. The first kappa shape index (κ1) is 15.8. The molecule has 0 saturated heterocycles. The van der Waals surface area contributed by atoms with Crippen molar-refractivity contribution < 1.29 is 9.53 Å². The Bertz CT molecular complexity index is 482. The van der Waals surface area contributed by atoms with Gasteiger partial charge in [0.25, 0.3) is 0 Å². The quantitative estimate of drug-likeness (QED) is 0.791. The molecule has 0 aliphatic heterocycles. The fourth-order valence-electron chi connectivity index (χ4n) is 2.82. The number of hydrogen-bond acceptors (Lipinski definition) is 3. The van der Waals surface area contributed by atoms with Crippen LogP contribution in [0.1, 0.15) is 39.2 Å². The summed E-state index contributed by atoms with van der Waals surface area (Å²) < 4.78 is 5.68. The zero-order valence-electron chi connectivity index (χ0n) is 13.2. The molecule has 2 atom stereocenters. The molecule has 1 aromatic rings. The number of aryl methyl sites for hydroxylation is 1. The van der Waals surface area contributed by atoms with Crippen molar-refractivity contribution in [3.8, 4) is 0 Å². The predicted molar refractivity (Wildman–Crippen MR) is 84.9 cm³/mol. The molecule has 1 saturated carbocycles. The van der Waals surface area contributed by atoms with Crippen LogP contribution in [0.25, 0.3) is 0 Å². The second kappa shape index (κ2) is 6.48. The molecular formula is C17H26N2O2. The molecule has 21 heavy (non-hydrogen) atoms. The van der Waals surface area contributed by atoms with Gasteiger partial charge in [-0.3, -0.25) is 4.79 Å². The minimum Gasteiger partial charge on any atom is -0.399 e. The Hall–Kier alpha value is -1.55. The number of nitrogens with two attached hydrogens (primary N) is 1. The standard InChI is InChI=1S/C17H26N2O2/c1-4-21-15-11-14(17(15,2)3)19-16(20)10-7-12-5-8-13(18)9-6-12/h5-6,8-9,14-15H,4,7,10-11,18H2,1-3H3,(H,19,20). The van der Waals surface area contributed by atoms with E-state index < -0.39 is 0 Å². The number of nitrogens with one attached hydrogen (secondary N) is 1. The van der Waals surface area contributed by atoms with Gasteiger partial charge in [-0.2, -0.15) is 0 Å². The summed E-state index contributed by atoms with van der Waals surface area (Å²) in [5.41, 5.74) is 7.56. The van der Waals surface area contributed by atoms with E-state index in [1.807, 2.05) is 31.2 Å². The number of carbonyl (C=O) groups excluding carboxylic acids is 1. The van der Waals surface area contributed by atoms with Crippen LogP contribution in [0, 0.1) is 5.41 Å². The molecule has 0 bridgehead atoms. The van der Waals surface area contributed by atoms with Gasteiger partial charge in [-0.15, -0.1) is 0 Å². The number of hydrogen-bond donors (Lipinski definition) is 2. The molecular weight excluding hydrogens is 264 g/mol. The number of rotatable bonds is 6. The van der Waals surface area contributed by atoms with E-state index in [4.69, 9.17) is 10.5 Å². The minimum atomic E-state index is 0.0207. The highest BCUT2D eigenvalue weighted by Crippen LogP contribution is 2.42. The van der Waals surface area contributed by atoms with Gasteiger partial charge in [0.05, 0.1) is 6.10 Å². The topological polar surface area (TPSA) is 64.3 Å². The summed E-state index contributed by atoms with van der Waals surface area (Å²) in [4.78, 5) is 12.1. The van der Waals surface area contributed by atoms with E-state index in [2.05, 4.69) is 19.2 Å². The van der Waals surface area contributed by atoms with Crippen LogP contribution in [-0.2, 0) is 16.0 Å². The van der Waals surface area contributed by atoms with E-state index in [0.29, 0.717) is 6.42 Å². The second-order valence-electron chi connectivity index (χ2n) is 6.36. The molecule has 2 rings (SSSR count). The van der Waals surface area contributed by atoms with Gasteiger partial charge < -0.3 is 15.8 Å². The highest BCUT2D eigenvalue weighted by Gasteiger charge is 2.49. The van der Waals surface area contributed by atoms with Gasteiger partial charge in [0.1, 0.15) is 0 Å². The Kier molecular flexibility index (Phi) is 4.88. The van der Waals surface area contributed by atoms with Crippen molar-refractivity contribution in [1.82, 2.24) is 5.32 Å². The summed E-state index contributed by atoms with van der Waals surface area (Å²) >= 11 is 0. The lowest BCUT2D eigenvalue weighted by molar-refractivity contribution is -0.136. The molecule has 3 N–H and O–H groups in total. The maximum atomic E-state index is 12.1. The largest absolute Gasteiger partial charge is 0.399 e. The number of anilines is 1. The third-order valence-corrected chi connectivity index (χ3v) is 4.50. The zero-order chi connectivity index (χ0) is 15.5. The summed E-state index contributed by atoms with van der Waals surface area (Å²) in [6, 6.07) is 7.90. The van der Waals surface area contributed by atoms with Crippen molar-refractivity contribution in [2.75, 3.05) is 12.3 Å². The van der Waals surface area contributed by atoms with Crippen LogP contribution in [0.15, 0.2) is 24.3 Å². The SMILES string of the molecule is CCOC1CC(NC(=O)CCc2ccc(N)cc2)C1(C)C. The second-order valence-corrected chi connectivity index (χ2v) is 6.36. The van der Waals surface area contributed by atoms with E-state index in [-0.39, 0.29) is 23.5 Å². The number of nitrogen functional groups attached to an aromatic ring is 1. The van der Waals surface area contributed by atoms with Crippen molar-refractivity contribution in [3.05, 3.63) is 29.8 Å². The average Bonchev–Trinajstić information content (AvgIpc) is 2.45. The fraction of sp³-hybridized carbons (Fsp3) is 0.588. The Morgan fingerprint density at radius 2 is 2.05 bits per heavy atom. The number of amides is 1. The molecule has 0 radical (unpaired) electrons. The highest BCUT2D eigenvalue weighted by atomic mass is 16.5. The van der Waals surface area contributed by atoms with Crippen LogP contribution < -0.4 is 11.1 Å². The number of benzene rings is 1. The highest BCUT2D eigenvalue weighted by molar-refractivity contribution is 5.76. The molecule has 1 aliphatic rings. The average molecular weight is 290 g/mol. The Morgan fingerprint density at radius 1 is 1.38 bits per heavy atom. The maximum Gasteiger partial charge on any atom is 0.220 e. The summed E-state index contributed by atoms with van der Waals surface area (Å²) in [6.45, 7) is 7.05. The monoisotopic (exact) mass is 290 g/mol. The Balaban J connectivity index is 1.77. The van der Waals surface area contributed by atoms with Crippen LogP contribution in [0.3, 0.4) is 0 Å². The molecule has 2 unspecified atom stereocenters. The van der Waals surface area contributed by atoms with Crippen molar-refractivity contribution in [2.24, 2.45) is 5.41 Å². The summed E-state index contributed by atoms with van der Waals surface area (Å²) in [5.74, 6) is 0.111. The Labute approximate surface area is 127 Å². The van der Waals surface area contributed by atoms with Crippen molar-refractivity contribution in [1.29, 1.82) is 0 Å². The predicted octanol–water partition coefficient (Wildman–Crippen LogP) is 2.52. The first-order valence-electron chi connectivity index (χ1n) is 7.69. The van der Waals surface area contributed by atoms with E-state index in [9.17, 15) is 4.79 Å². The van der Waals surface area contributed by atoms with Gasteiger partial charge >= 0.3 is 0 Å². The molecule has 1 aliphatic carbocycles. The Morgan fingerprint density at radius 3 is 2.62 bits per heavy atom. The summed E-state index contributed by atoms with van der Waals surface area (Å²) in [7, 11) is 0. The zero-order valence-corrected chi connectivity index (χ0v) is 13.2. The number of ether oxygens (including phenoxy) is 1. The molecule has 1 aromatic carbocycles. The number of carbonyl (C=O) groups is 1. The van der Waals surface area contributed by atoms with Crippen molar-refractivity contribution >= 4 is 11.6 Å². The molecule has 4 nitrogen and oxygen atoms in total. The van der Waals surface area contributed by atoms with Gasteiger partial charge in [-0.05, 0) is 37.5 Å². The minimum absolute atomic E-state index is 0.0207. The molecule has 116 valence electrons. The molecule has 0 heterocycles. The van der Waals surface area contributed by atoms with Crippen LogP contribution in [0.4, 0.5) is 5.69 Å². The van der Waals surface area contributed by atoms with Gasteiger partial charge in [-0.1, -0.05) is 26.0 Å². The van der Waals surface area contributed by atoms with Crippen LogP contribution in [0.2, 0.25) is 0 Å². The van der Waals surface area contributed by atoms with Gasteiger partial charge in [0, 0.05) is 30.2 Å². The first-order valence-corrected chi connectivity index (χ1v) is 7.69. The molecule has 0 spiro atoms. The van der Waals surface area contributed by atoms with E-state index >= 15 is 0 Å². The molecule has 4 heteroatoms. The van der Waals surface area contributed by atoms with E-state index in [1.54, 1.807) is 0 Å². The van der Waals surface area contributed by atoms with Crippen molar-refractivity contribution in [3.63, 3.8) is 0 Å². The lowest BCUT2D eigenvalue weighted by Gasteiger charge is -2.51. The fourth-order valence-corrected chi connectivity index (χ4v) is 2.82. The molecule has 0 aromatic heterocycles. The summed E-state index contributed by atoms with van der Waals surface area (Å²) in [6.07, 6.45) is 2.42. The van der Waals surface area contributed by atoms with E-state index in [0.717, 1.165) is 30.7 Å². The lowest BCUT2D eigenvalue weighted by atomic mass is 9.64. The maximum absolute atomic E-state index is 12.1. The van der Waals surface area contributed by atoms with Crippen molar-refractivity contribution in [2.45, 2.75) is 52.2 Å². The van der Waals surface area contributed by atoms with Crippen LogP contribution >= 0.6 is 0 Å². The van der Waals surface area contributed by atoms with Gasteiger partial charge in [0.2, 0.25) is 5.91 Å². The first-order chi connectivity index (χ1) is 9.93. The molecule has 1 amide bonds. The smallest absolute Gasteiger partial charge is 0.220 e. The van der Waals surface area contributed by atoms with Gasteiger partial charge in [-0.25, -0.2) is 0 Å². The van der Waals surface area contributed by atoms with Crippen LogP contribution in [-0.4, -0.2) is 24.7 Å².